The average Bonchev–Trinajstić information content (AvgIpc) is 2.34. The Morgan fingerprint density at radius 2 is 1.84 bits per heavy atom. The van der Waals surface area contributed by atoms with Gasteiger partial charge < -0.3 is 5.32 Å². The van der Waals surface area contributed by atoms with Gasteiger partial charge in [-0.3, -0.25) is 4.90 Å². The van der Waals surface area contributed by atoms with Gasteiger partial charge in [-0.05, 0) is 26.2 Å². The van der Waals surface area contributed by atoms with Crippen molar-refractivity contribution in [3.05, 3.63) is 0 Å². The second-order valence-corrected chi connectivity index (χ2v) is 9.70. The molecule has 0 aliphatic carbocycles. The van der Waals surface area contributed by atoms with Gasteiger partial charge in [0.15, 0.2) is 0 Å². The van der Waals surface area contributed by atoms with Gasteiger partial charge in [0.2, 0.25) is 0 Å². The number of nitrogens with zero attached hydrogens (tertiary/aromatic N) is 1. The van der Waals surface area contributed by atoms with E-state index in [-0.39, 0.29) is 0 Å². The molecule has 4 heteroatoms. The molecule has 0 saturated carbocycles. The first-order valence-corrected chi connectivity index (χ1v) is 10.1. The van der Waals surface area contributed by atoms with Crippen LogP contribution in [0.25, 0.3) is 0 Å². The summed E-state index contributed by atoms with van der Waals surface area (Å²) in [6.45, 7) is 15.4. The monoisotopic (exact) mass is 304 g/mol. The molecule has 1 heterocycles. The highest BCUT2D eigenvalue weighted by molar-refractivity contribution is 8.77. The van der Waals surface area contributed by atoms with Crippen LogP contribution in [0.1, 0.15) is 47.0 Å². The van der Waals surface area contributed by atoms with Crippen LogP contribution in [0.15, 0.2) is 0 Å². The summed E-state index contributed by atoms with van der Waals surface area (Å²) in [4.78, 5) is 2.60. The molecule has 0 aromatic rings. The van der Waals surface area contributed by atoms with Gasteiger partial charge in [-0.2, -0.15) is 0 Å². The molecule has 2 nitrogen and oxygen atoms in total. The van der Waals surface area contributed by atoms with E-state index in [1.165, 1.54) is 44.6 Å². The summed E-state index contributed by atoms with van der Waals surface area (Å²) in [6.07, 6.45) is 4.15. The van der Waals surface area contributed by atoms with Crippen molar-refractivity contribution in [1.29, 1.82) is 0 Å². The van der Waals surface area contributed by atoms with Crippen LogP contribution in [0, 0.1) is 5.92 Å². The van der Waals surface area contributed by atoms with Gasteiger partial charge in [0.25, 0.3) is 0 Å². The highest BCUT2D eigenvalue weighted by Gasteiger charge is 2.23. The van der Waals surface area contributed by atoms with Crippen LogP contribution in [-0.4, -0.2) is 48.1 Å². The normalized spacial score (nSPS) is 18.2. The van der Waals surface area contributed by atoms with Crippen molar-refractivity contribution in [3.63, 3.8) is 0 Å². The molecule has 1 N–H and O–H groups in total. The van der Waals surface area contributed by atoms with Crippen LogP contribution in [0.5, 0.6) is 0 Å². The molecule has 1 saturated heterocycles. The van der Waals surface area contributed by atoms with Gasteiger partial charge in [0, 0.05) is 43.2 Å². The summed E-state index contributed by atoms with van der Waals surface area (Å²) in [5.41, 5.74) is 0. The fourth-order valence-electron chi connectivity index (χ4n) is 2.35. The van der Waals surface area contributed by atoms with Crippen molar-refractivity contribution in [2.45, 2.75) is 51.7 Å². The zero-order chi connectivity index (χ0) is 14.1. The van der Waals surface area contributed by atoms with E-state index in [9.17, 15) is 0 Å². The first-order chi connectivity index (χ1) is 8.99. The number of hydrogen-bond donors (Lipinski definition) is 1. The number of unbranched alkanes of at least 4 members (excludes halogenated alkanes) is 1. The largest absolute Gasteiger partial charge is 0.314 e. The third-order valence-electron chi connectivity index (χ3n) is 3.36. The van der Waals surface area contributed by atoms with Crippen LogP contribution in [0.3, 0.4) is 0 Å². The van der Waals surface area contributed by atoms with E-state index in [1.807, 2.05) is 0 Å². The Labute approximate surface area is 128 Å². The first-order valence-electron chi connectivity index (χ1n) is 7.73. The Kier molecular flexibility index (Phi) is 8.87. The van der Waals surface area contributed by atoms with Gasteiger partial charge in [0.05, 0.1) is 0 Å². The van der Waals surface area contributed by atoms with Gasteiger partial charge in [0.1, 0.15) is 0 Å². The smallest absolute Gasteiger partial charge is 0.0334 e. The Morgan fingerprint density at radius 3 is 2.47 bits per heavy atom. The Hall–Kier alpha value is 0.620. The van der Waals surface area contributed by atoms with E-state index in [0.717, 1.165) is 19.0 Å². The fourth-order valence-corrected chi connectivity index (χ4v) is 5.03. The molecule has 0 atom stereocenters. The molecule has 0 aromatic carbocycles. The van der Waals surface area contributed by atoms with E-state index in [2.05, 4.69) is 59.5 Å². The topological polar surface area (TPSA) is 15.3 Å². The summed E-state index contributed by atoms with van der Waals surface area (Å²) >= 11 is 0. The van der Waals surface area contributed by atoms with Crippen LogP contribution >= 0.6 is 21.6 Å². The van der Waals surface area contributed by atoms with Crippen LogP contribution in [0.2, 0.25) is 0 Å². The van der Waals surface area contributed by atoms with Crippen molar-refractivity contribution in [2.75, 3.05) is 38.5 Å². The molecule has 0 unspecified atom stereocenters. The van der Waals surface area contributed by atoms with E-state index < -0.39 is 0 Å². The molecule has 0 aromatic heterocycles. The Bertz CT molecular complexity index is 226. The standard InChI is InChI=1S/C15H32N2S2/c1-14(2)7-5-6-12-18-19-15(3,4)13-17-10-8-16-9-11-17/h14,16H,5-13H2,1-4H3. The number of rotatable bonds is 9. The maximum atomic E-state index is 3.42. The third-order valence-corrected chi connectivity index (χ3v) is 6.72. The lowest BCUT2D eigenvalue weighted by Gasteiger charge is -2.34. The van der Waals surface area contributed by atoms with E-state index >= 15 is 0 Å². The fraction of sp³-hybridized carbons (Fsp3) is 1.00. The third kappa shape index (κ3) is 9.22. The van der Waals surface area contributed by atoms with Crippen LogP contribution in [-0.2, 0) is 0 Å². The molecule has 0 bridgehead atoms. The molecular weight excluding hydrogens is 272 g/mol. The Morgan fingerprint density at radius 1 is 1.16 bits per heavy atom. The molecule has 1 aliphatic heterocycles. The maximum absolute atomic E-state index is 3.42. The van der Waals surface area contributed by atoms with Gasteiger partial charge in [-0.1, -0.05) is 48.3 Å². The Balaban J connectivity index is 2.05. The summed E-state index contributed by atoms with van der Waals surface area (Å²) in [6, 6.07) is 0. The summed E-state index contributed by atoms with van der Waals surface area (Å²) in [5, 5.41) is 3.42. The van der Waals surface area contributed by atoms with Crippen molar-refractivity contribution in [3.8, 4) is 0 Å². The molecule has 1 rings (SSSR count). The predicted molar refractivity (Wildman–Crippen MR) is 92.1 cm³/mol. The summed E-state index contributed by atoms with van der Waals surface area (Å²) < 4.78 is 0.375. The van der Waals surface area contributed by atoms with E-state index in [0.29, 0.717) is 4.75 Å². The average molecular weight is 305 g/mol. The summed E-state index contributed by atoms with van der Waals surface area (Å²) in [7, 11) is 4.16. The van der Waals surface area contributed by atoms with E-state index in [1.54, 1.807) is 0 Å². The van der Waals surface area contributed by atoms with Crippen molar-refractivity contribution >= 4 is 21.6 Å². The molecule has 1 fully saturated rings. The lowest BCUT2D eigenvalue weighted by atomic mass is 10.1. The van der Waals surface area contributed by atoms with Gasteiger partial charge in [-0.15, -0.1) is 0 Å². The number of hydrogen-bond acceptors (Lipinski definition) is 4. The zero-order valence-electron chi connectivity index (χ0n) is 13.2. The number of piperazine rings is 1. The maximum Gasteiger partial charge on any atom is 0.0334 e. The molecule has 0 amide bonds. The summed E-state index contributed by atoms with van der Waals surface area (Å²) in [5.74, 6) is 2.17. The van der Waals surface area contributed by atoms with Crippen LogP contribution in [0.4, 0.5) is 0 Å². The molecule has 1 aliphatic rings. The number of nitrogens with one attached hydrogen (secondary N) is 1. The molecule has 114 valence electrons. The zero-order valence-corrected chi connectivity index (χ0v) is 14.8. The van der Waals surface area contributed by atoms with Crippen molar-refractivity contribution in [2.24, 2.45) is 5.92 Å². The first kappa shape index (κ1) is 17.7. The minimum absolute atomic E-state index is 0.375. The van der Waals surface area contributed by atoms with E-state index in [4.69, 9.17) is 0 Å². The van der Waals surface area contributed by atoms with Crippen molar-refractivity contribution < 1.29 is 0 Å². The second kappa shape index (κ2) is 9.54. The minimum Gasteiger partial charge on any atom is -0.314 e. The second-order valence-electron chi connectivity index (χ2n) is 6.58. The predicted octanol–water partition coefficient (Wildman–Crippen LogP) is 3.88. The molecular formula is C15H32N2S2. The lowest BCUT2D eigenvalue weighted by Crippen LogP contribution is -2.47. The lowest BCUT2D eigenvalue weighted by molar-refractivity contribution is 0.227. The minimum atomic E-state index is 0.375. The molecule has 0 radical (unpaired) electrons. The van der Waals surface area contributed by atoms with Gasteiger partial charge >= 0.3 is 0 Å². The molecule has 0 spiro atoms. The highest BCUT2D eigenvalue weighted by Crippen LogP contribution is 2.36. The van der Waals surface area contributed by atoms with Crippen molar-refractivity contribution in [1.82, 2.24) is 10.2 Å². The molecule has 19 heavy (non-hydrogen) atoms. The highest BCUT2D eigenvalue weighted by atomic mass is 33.1. The van der Waals surface area contributed by atoms with Crippen LogP contribution < -0.4 is 5.32 Å². The van der Waals surface area contributed by atoms with Gasteiger partial charge in [-0.25, -0.2) is 0 Å². The SMILES string of the molecule is CC(C)CCCCSSC(C)(C)CN1CCNCC1. The quantitative estimate of drug-likeness (QED) is 0.513.